The summed E-state index contributed by atoms with van der Waals surface area (Å²) in [6.45, 7) is 0. The van der Waals surface area contributed by atoms with Gasteiger partial charge in [-0.3, -0.25) is 0 Å². The van der Waals surface area contributed by atoms with Crippen molar-refractivity contribution in [2.24, 2.45) is 0 Å². The zero-order valence-corrected chi connectivity index (χ0v) is 32.5. The molecule has 0 aliphatic rings. The van der Waals surface area contributed by atoms with Gasteiger partial charge < -0.3 is 13.4 Å². The predicted octanol–water partition coefficient (Wildman–Crippen LogP) is 14.2. The lowest BCUT2D eigenvalue weighted by Crippen LogP contribution is -2.01. The van der Waals surface area contributed by atoms with E-state index in [1.807, 2.05) is 72.8 Å². The summed E-state index contributed by atoms with van der Waals surface area (Å²) >= 11 is 0. The monoisotopic (exact) mass is 777 g/mol. The van der Waals surface area contributed by atoms with Crippen LogP contribution in [0.4, 0.5) is 0 Å². The van der Waals surface area contributed by atoms with Gasteiger partial charge in [-0.05, 0) is 59.3 Å². The molecule has 0 N–H and O–H groups in total. The second kappa shape index (κ2) is 12.1. The standard InChI is InChI=1S/C55H31N5O/c1-3-14-32(15-4-1)53-56-54(33-16-5-2-6-17-33)58-55(57-53)45-29-36(28-44-38-21-10-12-25-50(38)61-52(44)45)59-47-27-35-19-8-7-18-34(35)26-41(47)43-30-42-40-23-13-22-39-37-20-9-11-24-46(37)60(51(39)40)49(42)31-48(43)59/h1-31H. The lowest BCUT2D eigenvalue weighted by Gasteiger charge is -2.13. The molecule has 0 aliphatic heterocycles. The molecule has 0 radical (unpaired) electrons. The maximum atomic E-state index is 6.78. The van der Waals surface area contributed by atoms with Gasteiger partial charge in [0, 0.05) is 59.9 Å². The SMILES string of the molecule is c1ccc(-c2nc(-c3ccccc3)nc(-c3cc(-n4c5cc6ccccc6cc5c5cc6c7cccc8c9ccccc9n(c6cc54)c87)cc4c3oc3ccccc34)n2)cc1. The largest absolute Gasteiger partial charge is 0.455 e. The molecule has 0 saturated carbocycles. The molecule has 0 unspecified atom stereocenters. The summed E-state index contributed by atoms with van der Waals surface area (Å²) in [7, 11) is 0. The van der Waals surface area contributed by atoms with Crippen molar-refractivity contribution >= 4 is 92.6 Å². The first kappa shape index (κ1) is 32.6. The molecule has 61 heavy (non-hydrogen) atoms. The average molecular weight is 778 g/mol. The van der Waals surface area contributed by atoms with E-state index in [4.69, 9.17) is 19.4 Å². The Bertz CT molecular complexity index is 4050. The topological polar surface area (TPSA) is 61.2 Å². The molecule has 6 nitrogen and oxygen atoms in total. The number of nitrogens with zero attached hydrogens (tertiary/aromatic N) is 5. The van der Waals surface area contributed by atoms with Gasteiger partial charge in [0.05, 0.1) is 33.1 Å². The van der Waals surface area contributed by atoms with E-state index < -0.39 is 0 Å². The first-order chi connectivity index (χ1) is 30.2. The highest BCUT2D eigenvalue weighted by Gasteiger charge is 2.24. The van der Waals surface area contributed by atoms with E-state index in [2.05, 4.69) is 124 Å². The second-order valence-corrected chi connectivity index (χ2v) is 16.0. The van der Waals surface area contributed by atoms with Crippen LogP contribution in [0, 0.1) is 0 Å². The van der Waals surface area contributed by atoms with Crippen molar-refractivity contribution in [1.29, 1.82) is 0 Å². The minimum absolute atomic E-state index is 0.544. The Morgan fingerprint density at radius 2 is 0.934 bits per heavy atom. The molecule has 0 bridgehead atoms. The molecule has 0 aliphatic carbocycles. The molecule has 6 heteroatoms. The molecule has 0 fully saturated rings. The van der Waals surface area contributed by atoms with Crippen LogP contribution in [0.5, 0.6) is 0 Å². The molecule has 0 atom stereocenters. The number of rotatable bonds is 4. The summed E-state index contributed by atoms with van der Waals surface area (Å²) in [4.78, 5) is 15.5. The van der Waals surface area contributed by atoms with E-state index in [9.17, 15) is 0 Å². The molecule has 0 saturated heterocycles. The minimum atomic E-state index is 0.544. The quantitative estimate of drug-likeness (QED) is 0.179. The zero-order valence-electron chi connectivity index (χ0n) is 32.5. The summed E-state index contributed by atoms with van der Waals surface area (Å²) in [5.41, 5.74) is 11.1. The van der Waals surface area contributed by atoms with Gasteiger partial charge >= 0.3 is 0 Å². The second-order valence-electron chi connectivity index (χ2n) is 16.0. The smallest absolute Gasteiger partial charge is 0.167 e. The van der Waals surface area contributed by atoms with E-state index in [0.717, 1.165) is 55.3 Å². The molecule has 9 aromatic carbocycles. The Labute approximate surface area is 347 Å². The van der Waals surface area contributed by atoms with Crippen molar-refractivity contribution in [3.8, 4) is 39.9 Å². The van der Waals surface area contributed by atoms with Gasteiger partial charge in [-0.25, -0.2) is 15.0 Å². The fourth-order valence-corrected chi connectivity index (χ4v) is 9.94. The van der Waals surface area contributed by atoms with Crippen molar-refractivity contribution in [3.63, 3.8) is 0 Å². The highest BCUT2D eigenvalue weighted by molar-refractivity contribution is 6.27. The Morgan fingerprint density at radius 1 is 0.361 bits per heavy atom. The maximum Gasteiger partial charge on any atom is 0.167 e. The summed E-state index contributed by atoms with van der Waals surface area (Å²) in [6.07, 6.45) is 0. The van der Waals surface area contributed by atoms with E-state index in [0.29, 0.717) is 17.5 Å². The molecule has 5 aromatic heterocycles. The lowest BCUT2D eigenvalue weighted by molar-refractivity contribution is 0.669. The number of fused-ring (bicyclic) bond motifs is 13. The Morgan fingerprint density at radius 3 is 1.70 bits per heavy atom. The van der Waals surface area contributed by atoms with Crippen LogP contribution < -0.4 is 0 Å². The van der Waals surface area contributed by atoms with Crippen molar-refractivity contribution in [1.82, 2.24) is 23.9 Å². The van der Waals surface area contributed by atoms with Gasteiger partial charge in [-0.1, -0.05) is 140 Å². The van der Waals surface area contributed by atoms with E-state index in [-0.39, 0.29) is 0 Å². The van der Waals surface area contributed by atoms with Crippen molar-refractivity contribution in [3.05, 3.63) is 188 Å². The number of aromatic nitrogens is 5. The number of hydrogen-bond donors (Lipinski definition) is 0. The van der Waals surface area contributed by atoms with Crippen LogP contribution in [0.1, 0.15) is 0 Å². The van der Waals surface area contributed by atoms with Crippen molar-refractivity contribution in [2.75, 3.05) is 0 Å². The third kappa shape index (κ3) is 4.58. The van der Waals surface area contributed by atoms with Gasteiger partial charge in [-0.2, -0.15) is 0 Å². The van der Waals surface area contributed by atoms with Gasteiger partial charge in [0.1, 0.15) is 11.2 Å². The minimum Gasteiger partial charge on any atom is -0.455 e. The first-order valence-corrected chi connectivity index (χ1v) is 20.6. The summed E-state index contributed by atoms with van der Waals surface area (Å²) < 4.78 is 11.7. The zero-order chi connectivity index (χ0) is 39.8. The van der Waals surface area contributed by atoms with Gasteiger partial charge in [0.25, 0.3) is 0 Å². The number of hydrogen-bond acceptors (Lipinski definition) is 4. The van der Waals surface area contributed by atoms with Crippen molar-refractivity contribution < 1.29 is 4.42 Å². The number of furan rings is 1. The summed E-state index contributed by atoms with van der Waals surface area (Å²) in [5.74, 6) is 1.74. The normalized spacial score (nSPS) is 12.3. The van der Waals surface area contributed by atoms with Crippen LogP contribution in [0.15, 0.2) is 192 Å². The van der Waals surface area contributed by atoms with Crippen LogP contribution in [0.2, 0.25) is 0 Å². The maximum absolute atomic E-state index is 6.78. The van der Waals surface area contributed by atoms with Crippen LogP contribution in [0.25, 0.3) is 132 Å². The first-order valence-electron chi connectivity index (χ1n) is 20.6. The van der Waals surface area contributed by atoms with Gasteiger partial charge in [-0.15, -0.1) is 0 Å². The molecular weight excluding hydrogens is 747 g/mol. The predicted molar refractivity (Wildman–Crippen MR) is 250 cm³/mol. The Balaban J connectivity index is 1.14. The molecular formula is C55H31N5O. The van der Waals surface area contributed by atoms with E-state index in [1.165, 1.54) is 59.6 Å². The fourth-order valence-electron chi connectivity index (χ4n) is 9.94. The van der Waals surface area contributed by atoms with Gasteiger partial charge in [0.15, 0.2) is 17.5 Å². The number of para-hydroxylation sites is 3. The number of benzene rings is 9. The highest BCUT2D eigenvalue weighted by Crippen LogP contribution is 2.45. The highest BCUT2D eigenvalue weighted by atomic mass is 16.3. The third-order valence-corrected chi connectivity index (χ3v) is 12.6. The molecule has 0 spiro atoms. The van der Waals surface area contributed by atoms with E-state index in [1.54, 1.807) is 0 Å². The molecule has 5 heterocycles. The van der Waals surface area contributed by atoms with Crippen LogP contribution in [0.3, 0.4) is 0 Å². The molecule has 14 rings (SSSR count). The summed E-state index contributed by atoms with van der Waals surface area (Å²) in [6, 6.07) is 66.7. The van der Waals surface area contributed by atoms with Crippen LogP contribution >= 0.6 is 0 Å². The Kier molecular flexibility index (Phi) is 6.46. The van der Waals surface area contributed by atoms with Crippen LogP contribution in [-0.4, -0.2) is 23.9 Å². The molecule has 14 aromatic rings. The lowest BCUT2D eigenvalue weighted by atomic mass is 10.0. The Hall–Kier alpha value is -8.35. The average Bonchev–Trinajstić information content (AvgIpc) is 4.06. The van der Waals surface area contributed by atoms with Crippen molar-refractivity contribution in [2.45, 2.75) is 0 Å². The van der Waals surface area contributed by atoms with Gasteiger partial charge in [0.2, 0.25) is 0 Å². The third-order valence-electron chi connectivity index (χ3n) is 12.6. The van der Waals surface area contributed by atoms with E-state index >= 15 is 0 Å². The molecule has 0 amide bonds. The van der Waals surface area contributed by atoms with Crippen LogP contribution in [-0.2, 0) is 0 Å². The summed E-state index contributed by atoms with van der Waals surface area (Å²) in [5, 5.41) is 11.9. The molecule has 282 valence electrons. The fraction of sp³-hybridized carbons (Fsp3) is 0.